The van der Waals surface area contributed by atoms with Gasteiger partial charge in [-0.15, -0.1) is 0 Å². The van der Waals surface area contributed by atoms with Crippen LogP contribution in [0.25, 0.3) is 0 Å². The zero-order valence-electron chi connectivity index (χ0n) is 9.97. The predicted octanol–water partition coefficient (Wildman–Crippen LogP) is 3.75. The van der Waals surface area contributed by atoms with Crippen molar-refractivity contribution in [1.82, 2.24) is 0 Å². The minimum Gasteiger partial charge on any atom is -0.322 e. The van der Waals surface area contributed by atoms with Gasteiger partial charge in [0.25, 0.3) is 11.6 Å². The van der Waals surface area contributed by atoms with Crippen LogP contribution in [-0.4, -0.2) is 10.8 Å². The van der Waals surface area contributed by atoms with Crippen molar-refractivity contribution in [3.05, 3.63) is 68.4 Å². The molecule has 5 nitrogen and oxygen atoms in total. The Labute approximate surface area is 121 Å². The molecule has 2 rings (SSSR count). The van der Waals surface area contributed by atoms with Crippen LogP contribution >= 0.6 is 15.9 Å². The molecule has 0 atom stereocenters. The molecule has 0 radical (unpaired) electrons. The minimum atomic E-state index is -0.582. The molecule has 2 aromatic rings. The molecule has 1 amide bonds. The fourth-order valence-electron chi connectivity index (χ4n) is 1.53. The molecule has 20 heavy (non-hydrogen) atoms. The van der Waals surface area contributed by atoms with E-state index in [9.17, 15) is 19.3 Å². The number of rotatable bonds is 3. The van der Waals surface area contributed by atoms with Gasteiger partial charge >= 0.3 is 0 Å². The first-order chi connectivity index (χ1) is 9.47. The highest BCUT2D eigenvalue weighted by atomic mass is 79.9. The Hall–Kier alpha value is -2.28. The quantitative estimate of drug-likeness (QED) is 0.684. The van der Waals surface area contributed by atoms with Crippen molar-refractivity contribution < 1.29 is 14.1 Å². The number of hydrogen-bond donors (Lipinski definition) is 1. The van der Waals surface area contributed by atoms with Crippen molar-refractivity contribution in [2.24, 2.45) is 0 Å². The number of carbonyl (C=O) groups excluding carboxylic acids is 1. The number of non-ortho nitro benzene ring substituents is 1. The van der Waals surface area contributed by atoms with Gasteiger partial charge in [-0.05, 0) is 46.3 Å². The SMILES string of the molecule is O=C(Nc1ccc(F)cc1)c1cc([N+](=O)[O-])ccc1Br. The van der Waals surface area contributed by atoms with Gasteiger partial charge < -0.3 is 5.32 Å². The summed E-state index contributed by atoms with van der Waals surface area (Å²) in [6.45, 7) is 0. The van der Waals surface area contributed by atoms with Gasteiger partial charge in [-0.1, -0.05) is 0 Å². The van der Waals surface area contributed by atoms with E-state index in [1.165, 1.54) is 42.5 Å². The summed E-state index contributed by atoms with van der Waals surface area (Å²) in [4.78, 5) is 22.2. The number of amides is 1. The molecule has 0 unspecified atom stereocenters. The van der Waals surface area contributed by atoms with E-state index in [0.717, 1.165) is 0 Å². The number of nitrogens with zero attached hydrogens (tertiary/aromatic N) is 1. The lowest BCUT2D eigenvalue weighted by Crippen LogP contribution is -2.12. The van der Waals surface area contributed by atoms with Crippen molar-refractivity contribution in [1.29, 1.82) is 0 Å². The molecule has 102 valence electrons. The fourth-order valence-corrected chi connectivity index (χ4v) is 1.96. The van der Waals surface area contributed by atoms with Crippen LogP contribution in [0.15, 0.2) is 46.9 Å². The summed E-state index contributed by atoms with van der Waals surface area (Å²) in [6, 6.07) is 9.10. The Morgan fingerprint density at radius 3 is 2.45 bits per heavy atom. The highest BCUT2D eigenvalue weighted by Gasteiger charge is 2.15. The molecule has 7 heteroatoms. The van der Waals surface area contributed by atoms with Crippen LogP contribution in [0.3, 0.4) is 0 Å². The molecule has 0 fully saturated rings. The largest absolute Gasteiger partial charge is 0.322 e. The number of anilines is 1. The van der Waals surface area contributed by atoms with Crippen molar-refractivity contribution in [2.75, 3.05) is 5.32 Å². The molecule has 2 aromatic carbocycles. The monoisotopic (exact) mass is 338 g/mol. The molecule has 0 saturated carbocycles. The molecule has 0 spiro atoms. The van der Waals surface area contributed by atoms with E-state index in [-0.39, 0.29) is 11.3 Å². The summed E-state index contributed by atoms with van der Waals surface area (Å²) >= 11 is 3.16. The molecule has 0 aromatic heterocycles. The first kappa shape index (κ1) is 14.1. The Morgan fingerprint density at radius 2 is 1.85 bits per heavy atom. The van der Waals surface area contributed by atoms with Gasteiger partial charge in [0.15, 0.2) is 0 Å². The lowest BCUT2D eigenvalue weighted by Gasteiger charge is -2.06. The van der Waals surface area contributed by atoms with Crippen molar-refractivity contribution in [2.45, 2.75) is 0 Å². The Bertz CT molecular complexity index is 674. The van der Waals surface area contributed by atoms with Crippen LogP contribution < -0.4 is 5.32 Å². The first-order valence-corrected chi connectivity index (χ1v) is 6.27. The lowest BCUT2D eigenvalue weighted by atomic mass is 10.2. The smallest absolute Gasteiger partial charge is 0.270 e. The maximum Gasteiger partial charge on any atom is 0.270 e. The topological polar surface area (TPSA) is 72.2 Å². The molecular weight excluding hydrogens is 331 g/mol. The van der Waals surface area contributed by atoms with Crippen LogP contribution in [0.4, 0.5) is 15.8 Å². The first-order valence-electron chi connectivity index (χ1n) is 5.48. The van der Waals surface area contributed by atoms with Crippen molar-refractivity contribution in [3.63, 3.8) is 0 Å². The van der Waals surface area contributed by atoms with Gasteiger partial charge in [0.1, 0.15) is 5.82 Å². The maximum atomic E-state index is 12.8. The third-order valence-corrected chi connectivity index (χ3v) is 3.20. The third kappa shape index (κ3) is 3.18. The van der Waals surface area contributed by atoms with E-state index < -0.39 is 16.6 Å². The molecule has 0 saturated heterocycles. The van der Waals surface area contributed by atoms with E-state index in [2.05, 4.69) is 21.2 Å². The molecule has 1 N–H and O–H groups in total. The normalized spacial score (nSPS) is 10.1. The molecule has 0 aliphatic carbocycles. The second-order valence-electron chi connectivity index (χ2n) is 3.88. The summed E-state index contributed by atoms with van der Waals surface area (Å²) in [7, 11) is 0. The van der Waals surface area contributed by atoms with Crippen LogP contribution in [-0.2, 0) is 0 Å². The van der Waals surface area contributed by atoms with Crippen molar-refractivity contribution in [3.8, 4) is 0 Å². The summed E-state index contributed by atoms with van der Waals surface area (Å²) in [5, 5.41) is 13.2. The number of benzene rings is 2. The second-order valence-corrected chi connectivity index (χ2v) is 4.74. The van der Waals surface area contributed by atoms with Gasteiger partial charge in [-0.25, -0.2) is 4.39 Å². The lowest BCUT2D eigenvalue weighted by molar-refractivity contribution is -0.384. The predicted molar refractivity (Wildman–Crippen MR) is 75.1 cm³/mol. The average Bonchev–Trinajstić information content (AvgIpc) is 2.41. The molecular formula is C13H8BrFN2O3. The van der Waals surface area contributed by atoms with Gasteiger partial charge in [0, 0.05) is 22.3 Å². The summed E-state index contributed by atoms with van der Waals surface area (Å²) < 4.78 is 13.2. The zero-order valence-corrected chi connectivity index (χ0v) is 11.6. The van der Waals surface area contributed by atoms with E-state index in [0.29, 0.717) is 10.2 Å². The molecule has 0 heterocycles. The Kier molecular flexibility index (Phi) is 4.09. The number of nitrogens with one attached hydrogen (secondary N) is 1. The third-order valence-electron chi connectivity index (χ3n) is 2.51. The molecule has 0 bridgehead atoms. The van der Waals surface area contributed by atoms with Gasteiger partial charge in [-0.3, -0.25) is 14.9 Å². The van der Waals surface area contributed by atoms with E-state index >= 15 is 0 Å². The van der Waals surface area contributed by atoms with Crippen LogP contribution in [0, 0.1) is 15.9 Å². The summed E-state index contributed by atoms with van der Waals surface area (Å²) in [6.07, 6.45) is 0. The fraction of sp³-hybridized carbons (Fsp3) is 0. The molecule has 0 aliphatic heterocycles. The van der Waals surface area contributed by atoms with E-state index in [1.54, 1.807) is 0 Å². The molecule has 0 aliphatic rings. The summed E-state index contributed by atoms with van der Waals surface area (Å²) in [5.74, 6) is -0.938. The number of hydrogen-bond acceptors (Lipinski definition) is 3. The highest BCUT2D eigenvalue weighted by molar-refractivity contribution is 9.10. The van der Waals surface area contributed by atoms with Gasteiger partial charge in [0.2, 0.25) is 0 Å². The van der Waals surface area contributed by atoms with E-state index in [4.69, 9.17) is 0 Å². The second kappa shape index (κ2) is 5.79. The summed E-state index contributed by atoms with van der Waals surface area (Å²) in [5.41, 5.74) is 0.343. The van der Waals surface area contributed by atoms with Crippen LogP contribution in [0.5, 0.6) is 0 Å². The van der Waals surface area contributed by atoms with Crippen LogP contribution in [0.2, 0.25) is 0 Å². The maximum absolute atomic E-state index is 12.8. The number of halogens is 2. The van der Waals surface area contributed by atoms with Crippen molar-refractivity contribution >= 4 is 33.2 Å². The van der Waals surface area contributed by atoms with Gasteiger partial charge in [-0.2, -0.15) is 0 Å². The highest BCUT2D eigenvalue weighted by Crippen LogP contribution is 2.23. The number of nitro groups is 1. The van der Waals surface area contributed by atoms with E-state index in [1.807, 2.05) is 0 Å². The standard InChI is InChI=1S/C13H8BrFN2O3/c14-12-6-5-10(17(19)20)7-11(12)13(18)16-9-3-1-8(15)2-4-9/h1-7H,(H,16,18). The van der Waals surface area contributed by atoms with Gasteiger partial charge in [0.05, 0.1) is 10.5 Å². The Balaban J connectivity index is 2.26. The Morgan fingerprint density at radius 1 is 1.20 bits per heavy atom. The van der Waals surface area contributed by atoms with Crippen LogP contribution in [0.1, 0.15) is 10.4 Å². The average molecular weight is 339 g/mol. The minimum absolute atomic E-state index is 0.128. The number of nitro benzene ring substituents is 1. The zero-order chi connectivity index (χ0) is 14.7. The number of carbonyl (C=O) groups is 1.